The zero-order valence-corrected chi connectivity index (χ0v) is 27.7. The van der Waals surface area contributed by atoms with Crippen LogP contribution in [0.25, 0.3) is 0 Å². The number of ether oxygens (including phenoxy) is 4. The number of anilines is 1. The van der Waals surface area contributed by atoms with Gasteiger partial charge in [0.25, 0.3) is 15.9 Å². The number of unbranched alkanes of at least 4 members (excludes halogenated alkanes) is 1. The van der Waals surface area contributed by atoms with Crippen molar-refractivity contribution in [1.82, 2.24) is 4.72 Å². The Morgan fingerprint density at radius 3 is 2.45 bits per heavy atom. The number of rotatable bonds is 17. The van der Waals surface area contributed by atoms with Gasteiger partial charge in [0.05, 0.1) is 12.0 Å². The molecule has 0 saturated heterocycles. The minimum absolute atomic E-state index is 0.00626. The molecular weight excluding hydrogens is 628 g/mol. The molecule has 252 valence electrons. The molecule has 1 heterocycles. The molecule has 0 saturated carbocycles. The van der Waals surface area contributed by atoms with Crippen LogP contribution in [0.2, 0.25) is 0 Å². The summed E-state index contributed by atoms with van der Waals surface area (Å²) in [5.74, 6) is -0.565. The molecule has 0 aromatic heterocycles. The van der Waals surface area contributed by atoms with Gasteiger partial charge in [-0.2, -0.15) is 0 Å². The molecule has 0 radical (unpaired) electrons. The van der Waals surface area contributed by atoms with Gasteiger partial charge >= 0.3 is 5.97 Å². The number of carbonyl (C=O) groups is 3. The minimum Gasteiger partial charge on any atom is -0.492 e. The Morgan fingerprint density at radius 2 is 1.81 bits per heavy atom. The number of amides is 2. The molecule has 47 heavy (non-hydrogen) atoms. The van der Waals surface area contributed by atoms with Gasteiger partial charge in [0.1, 0.15) is 5.75 Å². The van der Waals surface area contributed by atoms with E-state index >= 15 is 0 Å². The largest absolute Gasteiger partial charge is 0.492 e. The van der Waals surface area contributed by atoms with Crippen LogP contribution in [0, 0.1) is 0 Å². The maximum atomic E-state index is 13.9. The van der Waals surface area contributed by atoms with Gasteiger partial charge in [-0.1, -0.05) is 39.3 Å². The van der Waals surface area contributed by atoms with Crippen molar-refractivity contribution in [2.45, 2.75) is 69.8 Å². The lowest BCUT2D eigenvalue weighted by molar-refractivity contribution is -0.137. The normalized spacial score (nSPS) is 12.8. The second kappa shape index (κ2) is 15.7. The first-order valence-electron chi connectivity index (χ1n) is 15.3. The maximum Gasteiger partial charge on any atom is 0.303 e. The van der Waals surface area contributed by atoms with Crippen LogP contribution in [0.3, 0.4) is 0 Å². The average Bonchev–Trinajstić information content (AvgIpc) is 3.53. The molecule has 2 amide bonds. The van der Waals surface area contributed by atoms with Crippen LogP contribution in [0.4, 0.5) is 5.69 Å². The molecule has 0 aliphatic carbocycles. The first-order chi connectivity index (χ1) is 22.5. The fraction of sp³-hybridized carbons (Fsp3) is 0.382. The molecule has 1 aliphatic rings. The molecule has 2 N–H and O–H groups in total. The lowest BCUT2D eigenvalue weighted by Gasteiger charge is -2.24. The molecule has 13 heteroatoms. The van der Waals surface area contributed by atoms with E-state index < -0.39 is 28.0 Å². The second-order valence-corrected chi connectivity index (χ2v) is 13.0. The van der Waals surface area contributed by atoms with Crippen molar-refractivity contribution in [3.8, 4) is 23.0 Å². The van der Waals surface area contributed by atoms with Crippen LogP contribution < -0.4 is 28.6 Å². The van der Waals surface area contributed by atoms with Crippen LogP contribution in [0.5, 0.6) is 23.0 Å². The highest BCUT2D eigenvalue weighted by Crippen LogP contribution is 2.46. The van der Waals surface area contributed by atoms with Crippen molar-refractivity contribution >= 4 is 34.0 Å². The molecular formula is C34H40N2O10S. The number of carboxylic acids is 1. The van der Waals surface area contributed by atoms with Gasteiger partial charge in [-0.25, -0.2) is 13.1 Å². The summed E-state index contributed by atoms with van der Waals surface area (Å²) in [5.41, 5.74) is 2.40. The zero-order chi connectivity index (χ0) is 34.1. The fourth-order valence-electron chi connectivity index (χ4n) is 5.17. The van der Waals surface area contributed by atoms with Crippen molar-refractivity contribution in [3.05, 3.63) is 71.3 Å². The van der Waals surface area contributed by atoms with E-state index in [0.29, 0.717) is 61.4 Å². The Bertz CT molecular complexity index is 1690. The van der Waals surface area contributed by atoms with Crippen molar-refractivity contribution < 1.29 is 46.9 Å². The van der Waals surface area contributed by atoms with E-state index in [9.17, 15) is 22.8 Å². The van der Waals surface area contributed by atoms with Crippen molar-refractivity contribution in [1.29, 1.82) is 0 Å². The lowest BCUT2D eigenvalue weighted by Crippen LogP contribution is -2.37. The molecule has 1 aliphatic heterocycles. The molecule has 12 nitrogen and oxygen atoms in total. The van der Waals surface area contributed by atoms with Gasteiger partial charge in [0.15, 0.2) is 11.5 Å². The van der Waals surface area contributed by atoms with E-state index in [1.54, 1.807) is 42.5 Å². The van der Waals surface area contributed by atoms with Gasteiger partial charge in [-0.05, 0) is 78.8 Å². The van der Waals surface area contributed by atoms with Crippen LogP contribution in [-0.4, -0.2) is 52.3 Å². The fourth-order valence-corrected chi connectivity index (χ4v) is 6.15. The first-order valence-corrected chi connectivity index (χ1v) is 16.8. The molecule has 0 fully saturated rings. The molecule has 0 bridgehead atoms. The number of nitrogens with zero attached hydrogens (tertiary/aromatic N) is 1. The number of aliphatic carboxylic acids is 1. The highest BCUT2D eigenvalue weighted by Gasteiger charge is 2.34. The summed E-state index contributed by atoms with van der Waals surface area (Å²) in [4.78, 5) is 38.1. The average molecular weight is 669 g/mol. The maximum absolute atomic E-state index is 13.9. The third-order valence-corrected chi connectivity index (χ3v) is 9.01. The van der Waals surface area contributed by atoms with Crippen LogP contribution in [-0.2, 0) is 30.8 Å². The van der Waals surface area contributed by atoms with Gasteiger partial charge in [0.2, 0.25) is 25.1 Å². The van der Waals surface area contributed by atoms with Crippen LogP contribution in [0.1, 0.15) is 75.2 Å². The highest BCUT2D eigenvalue weighted by molar-refractivity contribution is 7.90. The van der Waals surface area contributed by atoms with Gasteiger partial charge in [-0.15, -0.1) is 0 Å². The number of aryl methyl sites for hydroxylation is 1. The molecule has 3 aromatic rings. The van der Waals surface area contributed by atoms with E-state index in [1.165, 1.54) is 24.1 Å². The van der Waals surface area contributed by atoms with Crippen molar-refractivity contribution in [3.63, 3.8) is 0 Å². The highest BCUT2D eigenvalue weighted by atomic mass is 32.2. The topological polar surface area (TPSA) is 158 Å². The summed E-state index contributed by atoms with van der Waals surface area (Å²) in [6.45, 7) is 6.20. The Labute approximate surface area is 274 Å². The van der Waals surface area contributed by atoms with Crippen molar-refractivity contribution in [2.24, 2.45) is 0 Å². The summed E-state index contributed by atoms with van der Waals surface area (Å²) in [7, 11) is -2.90. The summed E-state index contributed by atoms with van der Waals surface area (Å²) in [5, 5.41) is 8.92. The molecule has 4 rings (SSSR count). The van der Waals surface area contributed by atoms with E-state index in [4.69, 9.17) is 24.1 Å². The van der Waals surface area contributed by atoms with Gasteiger partial charge in [-0.3, -0.25) is 14.4 Å². The number of methoxy groups -OCH3 is 1. The standard InChI is InChI=1S/C34H40N2O10S/c1-5-8-24-19-25(36(20-37)18-7-6-9-30(38)39)12-16-28(24)46-32(27-15-17-29-33(31(27)43-4)45-21-44-29)34(40)35-47(41,42)26-13-10-23(11-14-26)22(2)3/h10-17,19-20,22,32H,5-9,18,21H2,1-4H3,(H,35,40)(H,38,39)/t32-/m0/s1. The number of sulfonamides is 1. The Morgan fingerprint density at radius 1 is 1.06 bits per heavy atom. The van der Waals surface area contributed by atoms with Crippen molar-refractivity contribution in [2.75, 3.05) is 25.3 Å². The number of carboxylic acid groups (broad SMARTS) is 1. The predicted molar refractivity (Wildman–Crippen MR) is 174 cm³/mol. The van der Waals surface area contributed by atoms with E-state index in [1.807, 2.05) is 20.8 Å². The monoisotopic (exact) mass is 668 g/mol. The number of hydrogen-bond donors (Lipinski definition) is 2. The molecule has 1 atom stereocenters. The van der Waals surface area contributed by atoms with Gasteiger partial charge < -0.3 is 29.0 Å². The third kappa shape index (κ3) is 8.53. The number of fused-ring (bicyclic) bond motifs is 1. The predicted octanol–water partition coefficient (Wildman–Crippen LogP) is 5.34. The second-order valence-electron chi connectivity index (χ2n) is 11.3. The lowest BCUT2D eigenvalue weighted by atomic mass is 10.0. The zero-order valence-electron chi connectivity index (χ0n) is 26.9. The summed E-state index contributed by atoms with van der Waals surface area (Å²) in [6.07, 6.45) is 1.30. The Balaban J connectivity index is 1.70. The quantitative estimate of drug-likeness (QED) is 0.142. The number of nitrogens with one attached hydrogen (secondary N) is 1. The van der Waals surface area contributed by atoms with E-state index in [-0.39, 0.29) is 41.1 Å². The number of benzene rings is 3. The molecule has 0 unspecified atom stereocenters. The third-order valence-electron chi connectivity index (χ3n) is 7.65. The van der Waals surface area contributed by atoms with Crippen LogP contribution >= 0.6 is 0 Å². The molecule has 3 aromatic carbocycles. The Hall–Kier alpha value is -4.78. The number of carbonyl (C=O) groups excluding carboxylic acids is 2. The summed E-state index contributed by atoms with van der Waals surface area (Å²) >= 11 is 0. The molecule has 0 spiro atoms. The Kier molecular flexibility index (Phi) is 11.7. The number of hydrogen-bond acceptors (Lipinski definition) is 9. The minimum atomic E-state index is -4.30. The van der Waals surface area contributed by atoms with Gasteiger partial charge in [0, 0.05) is 24.2 Å². The van der Waals surface area contributed by atoms with Crippen LogP contribution in [0.15, 0.2) is 59.5 Å². The smallest absolute Gasteiger partial charge is 0.303 e. The van der Waals surface area contributed by atoms with E-state index in [0.717, 1.165) is 5.56 Å². The first kappa shape index (κ1) is 35.1. The van der Waals surface area contributed by atoms with E-state index in [2.05, 4.69) is 4.72 Å². The SMILES string of the molecule is CCCc1cc(N(C=O)CCCCC(=O)O)ccc1O[C@H](C(=O)NS(=O)(=O)c1ccc(C(C)C)cc1)c1ccc2c(c1OC)OCO2. The summed E-state index contributed by atoms with van der Waals surface area (Å²) < 4.78 is 52.0. The summed E-state index contributed by atoms with van der Waals surface area (Å²) in [6, 6.07) is 14.5.